The predicted molar refractivity (Wildman–Crippen MR) is 114 cm³/mol. The zero-order valence-corrected chi connectivity index (χ0v) is 18.0. The summed E-state index contributed by atoms with van der Waals surface area (Å²) < 4.78 is 53.2. The summed E-state index contributed by atoms with van der Waals surface area (Å²) in [5, 5.41) is 12.4. The molecule has 5 nitrogen and oxygen atoms in total. The number of sulfone groups is 1. The fourth-order valence-corrected chi connectivity index (χ4v) is 5.32. The van der Waals surface area contributed by atoms with E-state index in [1.165, 1.54) is 24.3 Å². The van der Waals surface area contributed by atoms with Crippen molar-refractivity contribution < 1.29 is 27.1 Å². The predicted octanol–water partition coefficient (Wildman–Crippen LogP) is 4.90. The van der Waals surface area contributed by atoms with Crippen LogP contribution in [0.5, 0.6) is 0 Å². The van der Waals surface area contributed by atoms with Gasteiger partial charge in [0.1, 0.15) is 0 Å². The second kappa shape index (κ2) is 9.70. The Bertz CT molecular complexity index is 1110. The summed E-state index contributed by atoms with van der Waals surface area (Å²) in [7, 11) is -3.85. The van der Waals surface area contributed by atoms with Crippen LogP contribution in [0, 0.1) is 18.6 Å². The number of aryl methyl sites for hydroxylation is 1. The van der Waals surface area contributed by atoms with E-state index in [0.717, 1.165) is 25.0 Å². The van der Waals surface area contributed by atoms with Gasteiger partial charge < -0.3 is 10.4 Å². The number of carbonyl (C=O) groups excluding carboxylic acids is 1. The lowest BCUT2D eigenvalue weighted by Gasteiger charge is -2.13. The first-order valence-corrected chi connectivity index (χ1v) is 11.7. The van der Waals surface area contributed by atoms with Crippen molar-refractivity contribution in [3.05, 3.63) is 70.1 Å². The Morgan fingerprint density at radius 3 is 2.58 bits per heavy atom. The van der Waals surface area contributed by atoms with Gasteiger partial charge in [-0.05, 0) is 62.4 Å². The van der Waals surface area contributed by atoms with Crippen LogP contribution >= 0.6 is 0 Å². The Morgan fingerprint density at radius 2 is 1.84 bits per heavy atom. The number of allylic oxidation sites excluding steroid dienone is 1. The first-order valence-electron chi connectivity index (χ1n) is 10.2. The van der Waals surface area contributed by atoms with E-state index in [2.05, 4.69) is 5.32 Å². The number of anilines is 1. The molecule has 0 bridgehead atoms. The summed E-state index contributed by atoms with van der Waals surface area (Å²) in [6, 6.07) is 7.28. The van der Waals surface area contributed by atoms with Gasteiger partial charge in [-0.1, -0.05) is 25.0 Å². The van der Waals surface area contributed by atoms with E-state index < -0.39 is 33.5 Å². The van der Waals surface area contributed by atoms with Gasteiger partial charge in [0.25, 0.3) is 5.91 Å². The van der Waals surface area contributed by atoms with E-state index in [1.807, 2.05) is 0 Å². The molecule has 2 aromatic carbocycles. The molecule has 8 heteroatoms. The van der Waals surface area contributed by atoms with E-state index in [9.17, 15) is 27.1 Å². The van der Waals surface area contributed by atoms with Crippen LogP contribution in [-0.2, 0) is 9.84 Å². The minimum Gasteiger partial charge on any atom is -0.393 e. The number of rotatable bonds is 4. The number of amides is 1. The first kappa shape index (κ1) is 23.1. The van der Waals surface area contributed by atoms with Gasteiger partial charge in [-0.2, -0.15) is 0 Å². The molecule has 0 heterocycles. The molecule has 0 aromatic heterocycles. The summed E-state index contributed by atoms with van der Waals surface area (Å²) in [5.41, 5.74) is 0.630. The molecule has 0 saturated carbocycles. The number of halogens is 2. The van der Waals surface area contributed by atoms with E-state index >= 15 is 0 Å². The SMILES string of the molecule is Cc1ccc(C(=O)Nc2ccc(F)c(F)c2)cc1S(=O)(=O)/C1=C\CC(O)CCCCC1. The average Bonchev–Trinajstić information content (AvgIpc) is 2.83. The summed E-state index contributed by atoms with van der Waals surface area (Å²) >= 11 is 0. The van der Waals surface area contributed by atoms with E-state index in [1.54, 1.807) is 13.0 Å². The monoisotopic (exact) mass is 449 g/mol. The third-order valence-electron chi connectivity index (χ3n) is 5.34. The van der Waals surface area contributed by atoms with E-state index in [0.29, 0.717) is 24.8 Å². The highest BCUT2D eigenvalue weighted by Crippen LogP contribution is 2.29. The quantitative estimate of drug-likeness (QED) is 0.696. The van der Waals surface area contributed by atoms with Gasteiger partial charge in [-0.25, -0.2) is 17.2 Å². The highest BCUT2D eigenvalue weighted by molar-refractivity contribution is 7.95. The Kier molecular flexibility index (Phi) is 7.23. The Morgan fingerprint density at radius 1 is 1.06 bits per heavy atom. The summed E-state index contributed by atoms with van der Waals surface area (Å²) in [5.74, 6) is -2.77. The molecule has 2 N–H and O–H groups in total. The standard InChI is InChI=1S/C23H25F2NO4S/c1-15-7-8-16(23(28)26-17-9-12-20(24)21(25)14-17)13-22(15)31(29,30)19-6-4-2-3-5-18(27)10-11-19/h7-9,11-14,18,27H,2-6,10H2,1H3,(H,26,28)/b19-11-. The Balaban J connectivity index is 1.90. The lowest BCUT2D eigenvalue weighted by molar-refractivity contribution is 0.102. The summed E-state index contributed by atoms with van der Waals surface area (Å²) in [4.78, 5) is 12.9. The number of hydrogen-bond donors (Lipinski definition) is 2. The minimum absolute atomic E-state index is 0.0189. The molecule has 31 heavy (non-hydrogen) atoms. The summed E-state index contributed by atoms with van der Waals surface area (Å²) in [6.07, 6.45) is 4.68. The number of benzene rings is 2. The molecule has 1 aliphatic rings. The van der Waals surface area contributed by atoms with Crippen LogP contribution in [0.4, 0.5) is 14.5 Å². The van der Waals surface area contributed by atoms with Crippen molar-refractivity contribution in [1.82, 2.24) is 0 Å². The molecule has 1 unspecified atom stereocenters. The molecule has 2 aromatic rings. The third-order valence-corrected chi connectivity index (χ3v) is 7.42. The van der Waals surface area contributed by atoms with Gasteiger partial charge in [-0.3, -0.25) is 4.79 Å². The molecule has 1 aliphatic carbocycles. The van der Waals surface area contributed by atoms with Crippen molar-refractivity contribution in [2.75, 3.05) is 5.32 Å². The maximum Gasteiger partial charge on any atom is 0.255 e. The van der Waals surface area contributed by atoms with Crippen LogP contribution < -0.4 is 5.32 Å². The van der Waals surface area contributed by atoms with Crippen molar-refractivity contribution in [2.24, 2.45) is 0 Å². The zero-order valence-electron chi connectivity index (χ0n) is 17.2. The highest BCUT2D eigenvalue weighted by atomic mass is 32.2. The van der Waals surface area contributed by atoms with Gasteiger partial charge in [0, 0.05) is 22.2 Å². The Labute approximate surface area is 180 Å². The number of carbonyl (C=O) groups is 1. The lowest BCUT2D eigenvalue weighted by Crippen LogP contribution is -2.14. The van der Waals surface area contributed by atoms with Gasteiger partial charge in [-0.15, -0.1) is 0 Å². The molecular weight excluding hydrogens is 424 g/mol. The fourth-order valence-electron chi connectivity index (χ4n) is 3.54. The van der Waals surface area contributed by atoms with Crippen molar-refractivity contribution >= 4 is 21.4 Å². The third kappa shape index (κ3) is 5.57. The topological polar surface area (TPSA) is 83.5 Å². The minimum atomic E-state index is -3.85. The Hall–Kier alpha value is -2.58. The molecule has 1 atom stereocenters. The van der Waals surface area contributed by atoms with Crippen LogP contribution in [0.2, 0.25) is 0 Å². The van der Waals surface area contributed by atoms with Crippen LogP contribution in [0.25, 0.3) is 0 Å². The van der Waals surface area contributed by atoms with Gasteiger partial charge in [0.05, 0.1) is 11.0 Å². The van der Waals surface area contributed by atoms with Crippen LogP contribution in [0.15, 0.2) is 52.3 Å². The van der Waals surface area contributed by atoms with Crippen molar-refractivity contribution in [3.63, 3.8) is 0 Å². The molecule has 0 saturated heterocycles. The lowest BCUT2D eigenvalue weighted by atomic mass is 10.1. The molecule has 0 aliphatic heterocycles. The molecule has 0 radical (unpaired) electrons. The van der Waals surface area contributed by atoms with Crippen LogP contribution in [-0.4, -0.2) is 25.5 Å². The van der Waals surface area contributed by atoms with Crippen molar-refractivity contribution in [1.29, 1.82) is 0 Å². The van der Waals surface area contributed by atoms with Crippen LogP contribution in [0.3, 0.4) is 0 Å². The number of hydrogen-bond acceptors (Lipinski definition) is 4. The summed E-state index contributed by atoms with van der Waals surface area (Å²) in [6.45, 7) is 1.65. The highest BCUT2D eigenvalue weighted by Gasteiger charge is 2.25. The molecular formula is C23H25F2NO4S. The largest absolute Gasteiger partial charge is 0.393 e. The molecule has 3 rings (SSSR count). The van der Waals surface area contributed by atoms with Crippen LogP contribution in [0.1, 0.15) is 54.4 Å². The molecule has 1 amide bonds. The van der Waals surface area contributed by atoms with Gasteiger partial charge >= 0.3 is 0 Å². The smallest absolute Gasteiger partial charge is 0.255 e. The maximum absolute atomic E-state index is 13.4. The maximum atomic E-state index is 13.4. The molecule has 0 spiro atoms. The second-order valence-corrected chi connectivity index (χ2v) is 9.70. The average molecular weight is 450 g/mol. The van der Waals surface area contributed by atoms with E-state index in [4.69, 9.17) is 0 Å². The van der Waals surface area contributed by atoms with Gasteiger partial charge in [0.2, 0.25) is 9.84 Å². The number of aliphatic hydroxyl groups is 1. The molecule has 166 valence electrons. The normalized spacial score (nSPS) is 19.5. The number of aliphatic hydroxyl groups excluding tert-OH is 1. The van der Waals surface area contributed by atoms with Crippen molar-refractivity contribution in [2.45, 2.75) is 56.4 Å². The van der Waals surface area contributed by atoms with Crippen molar-refractivity contribution in [3.8, 4) is 0 Å². The molecule has 0 fully saturated rings. The first-order chi connectivity index (χ1) is 14.7. The zero-order chi connectivity index (χ0) is 22.6. The second-order valence-electron chi connectivity index (χ2n) is 7.73. The fraction of sp³-hybridized carbons (Fsp3) is 0.348. The number of nitrogens with one attached hydrogen (secondary N) is 1. The van der Waals surface area contributed by atoms with Gasteiger partial charge in [0.15, 0.2) is 11.6 Å². The van der Waals surface area contributed by atoms with E-state index in [-0.39, 0.29) is 27.5 Å².